The first-order valence-electron chi connectivity index (χ1n) is 14.7. The first kappa shape index (κ1) is 32.1. The van der Waals surface area contributed by atoms with Crippen LogP contribution in [0.25, 0.3) is 11.2 Å². The molecule has 12 heteroatoms. The lowest BCUT2D eigenvalue weighted by Gasteiger charge is -2.31. The van der Waals surface area contributed by atoms with Crippen LogP contribution in [-0.4, -0.2) is 76.0 Å². The average Bonchev–Trinajstić information content (AvgIpc) is 3.43. The van der Waals surface area contributed by atoms with Crippen molar-refractivity contribution in [1.82, 2.24) is 24.4 Å². The van der Waals surface area contributed by atoms with E-state index >= 15 is 0 Å². The van der Waals surface area contributed by atoms with Crippen molar-refractivity contribution >= 4 is 46.1 Å². The van der Waals surface area contributed by atoms with E-state index in [2.05, 4.69) is 34.4 Å². The van der Waals surface area contributed by atoms with E-state index in [1.165, 1.54) is 6.08 Å². The molecule has 44 heavy (non-hydrogen) atoms. The molecule has 12 nitrogen and oxygen atoms in total. The number of likely N-dealkylation sites (N-methyl/N-ethyl adjacent to an activating group) is 1. The minimum absolute atomic E-state index is 0.111. The van der Waals surface area contributed by atoms with Crippen molar-refractivity contribution < 1.29 is 9.59 Å². The number of piperidine rings is 1. The number of nitrogens with two attached hydrogens (primary N) is 2. The average molecular weight is 599 g/mol. The molecule has 1 fully saturated rings. The molecule has 0 aliphatic carbocycles. The van der Waals surface area contributed by atoms with Crippen LogP contribution >= 0.6 is 0 Å². The van der Waals surface area contributed by atoms with Crippen molar-refractivity contribution in [2.75, 3.05) is 49.3 Å². The lowest BCUT2D eigenvalue weighted by molar-refractivity contribution is -0.113. The van der Waals surface area contributed by atoms with Crippen LogP contribution in [0.2, 0.25) is 0 Å². The number of rotatable bonds is 9. The predicted molar refractivity (Wildman–Crippen MR) is 176 cm³/mol. The standard InChI is InChI=1S/C26H30N8O.C6H12N2O/c1-17(2)34-16-28-22-23(31-26(32-24(22)34)33-13-7-10-19(27)15-33)29-20-11-6-12-21(14-20)30-25(35)18-8-4-3-5-9-18;1-8(2)5-3-4-6(7)9/h3-6,8-9,11-12,14,16-17,19H,7,10,13,15,27H2,1-2H3,(H,30,35)(H,29,31,32);3-4H,5H2,1-2H3,(H2,7,9)/b;4-3+. The fourth-order valence-corrected chi connectivity index (χ4v) is 4.69. The van der Waals surface area contributed by atoms with Crippen LogP contribution in [0.1, 0.15) is 43.1 Å². The number of aromatic nitrogens is 4. The molecule has 2 aromatic heterocycles. The normalized spacial score (nSPS) is 15.0. The van der Waals surface area contributed by atoms with E-state index < -0.39 is 5.91 Å². The first-order chi connectivity index (χ1) is 21.1. The quantitative estimate of drug-likeness (QED) is 0.209. The minimum atomic E-state index is -0.392. The second-order valence-electron chi connectivity index (χ2n) is 11.2. The third kappa shape index (κ3) is 8.85. The van der Waals surface area contributed by atoms with Crippen LogP contribution in [0, 0.1) is 0 Å². The number of primary amides is 1. The molecule has 1 aliphatic rings. The summed E-state index contributed by atoms with van der Waals surface area (Å²) in [4.78, 5) is 41.1. The van der Waals surface area contributed by atoms with Crippen LogP contribution in [0.3, 0.4) is 0 Å². The smallest absolute Gasteiger partial charge is 0.255 e. The van der Waals surface area contributed by atoms with Gasteiger partial charge in [0.25, 0.3) is 5.91 Å². The summed E-state index contributed by atoms with van der Waals surface area (Å²) in [5.41, 5.74) is 14.6. The molecule has 0 saturated carbocycles. The molecular weight excluding hydrogens is 556 g/mol. The summed E-state index contributed by atoms with van der Waals surface area (Å²) < 4.78 is 2.05. The first-order valence-corrected chi connectivity index (χ1v) is 14.7. The Balaban J connectivity index is 0.000000429. The molecule has 1 atom stereocenters. The fourth-order valence-electron chi connectivity index (χ4n) is 4.69. The van der Waals surface area contributed by atoms with Crippen molar-refractivity contribution in [2.45, 2.75) is 38.8 Å². The van der Waals surface area contributed by atoms with Crippen LogP contribution < -0.4 is 27.0 Å². The van der Waals surface area contributed by atoms with Gasteiger partial charge < -0.3 is 36.5 Å². The summed E-state index contributed by atoms with van der Waals surface area (Å²) in [6.45, 7) is 6.55. The Labute approximate surface area is 258 Å². The van der Waals surface area contributed by atoms with Gasteiger partial charge in [-0.3, -0.25) is 9.59 Å². The van der Waals surface area contributed by atoms with Crippen LogP contribution in [0.4, 0.5) is 23.1 Å². The zero-order chi connectivity index (χ0) is 31.6. The van der Waals surface area contributed by atoms with Gasteiger partial charge in [0.2, 0.25) is 11.9 Å². The molecule has 3 heterocycles. The number of anilines is 4. The van der Waals surface area contributed by atoms with Gasteiger partial charge in [0.05, 0.1) is 6.33 Å². The molecule has 0 radical (unpaired) electrons. The summed E-state index contributed by atoms with van der Waals surface area (Å²) in [5.74, 6) is 0.713. The highest BCUT2D eigenvalue weighted by molar-refractivity contribution is 6.04. The van der Waals surface area contributed by atoms with E-state index in [9.17, 15) is 9.59 Å². The zero-order valence-corrected chi connectivity index (χ0v) is 25.8. The number of imidazole rings is 1. The molecule has 0 spiro atoms. The highest BCUT2D eigenvalue weighted by Crippen LogP contribution is 2.29. The molecule has 1 aliphatic heterocycles. The molecule has 2 amide bonds. The number of carbonyl (C=O) groups is 2. The Morgan fingerprint density at radius 1 is 1.09 bits per heavy atom. The number of benzene rings is 2. The van der Waals surface area contributed by atoms with E-state index in [1.54, 1.807) is 24.5 Å². The van der Waals surface area contributed by atoms with Crippen LogP contribution in [0.5, 0.6) is 0 Å². The predicted octanol–water partition coefficient (Wildman–Crippen LogP) is 3.92. The summed E-state index contributed by atoms with van der Waals surface area (Å²) in [6.07, 6.45) is 6.91. The summed E-state index contributed by atoms with van der Waals surface area (Å²) in [7, 11) is 3.84. The van der Waals surface area contributed by atoms with Crippen molar-refractivity contribution in [3.05, 3.63) is 78.6 Å². The molecule has 0 bridgehead atoms. The van der Waals surface area contributed by atoms with Crippen molar-refractivity contribution in [3.8, 4) is 0 Å². The number of hydrogen-bond donors (Lipinski definition) is 4. The molecule has 1 unspecified atom stereocenters. The van der Waals surface area contributed by atoms with Crippen molar-refractivity contribution in [2.24, 2.45) is 11.5 Å². The van der Waals surface area contributed by atoms with Crippen molar-refractivity contribution in [1.29, 1.82) is 0 Å². The summed E-state index contributed by atoms with van der Waals surface area (Å²) in [5, 5.41) is 6.36. The lowest BCUT2D eigenvalue weighted by Crippen LogP contribution is -2.43. The van der Waals surface area contributed by atoms with Gasteiger partial charge >= 0.3 is 0 Å². The SMILES string of the molecule is CC(C)n1cnc2c(Nc3cccc(NC(=O)c4ccccc4)c3)nc(N3CCCC(N)C3)nc21.CN(C)C/C=C/C(N)=O. The second-order valence-corrected chi connectivity index (χ2v) is 11.2. The van der Waals surface area contributed by atoms with Crippen LogP contribution in [0.15, 0.2) is 73.1 Å². The maximum atomic E-state index is 12.6. The molecule has 1 saturated heterocycles. The molecule has 6 N–H and O–H groups in total. The third-order valence-corrected chi connectivity index (χ3v) is 6.88. The minimum Gasteiger partial charge on any atom is -0.366 e. The van der Waals surface area contributed by atoms with Gasteiger partial charge in [0, 0.05) is 48.7 Å². The highest BCUT2D eigenvalue weighted by atomic mass is 16.2. The van der Waals surface area contributed by atoms with Gasteiger partial charge in [-0.2, -0.15) is 9.97 Å². The second kappa shape index (κ2) is 15.1. The van der Waals surface area contributed by atoms with Gasteiger partial charge in [0.1, 0.15) is 0 Å². The van der Waals surface area contributed by atoms with E-state index in [4.69, 9.17) is 21.4 Å². The zero-order valence-electron chi connectivity index (χ0n) is 25.8. The fraction of sp³-hybridized carbons (Fsp3) is 0.344. The Morgan fingerprint density at radius 2 is 1.84 bits per heavy atom. The van der Waals surface area contributed by atoms with Gasteiger partial charge in [0.15, 0.2) is 17.0 Å². The van der Waals surface area contributed by atoms with E-state index in [-0.39, 0.29) is 18.0 Å². The third-order valence-electron chi connectivity index (χ3n) is 6.88. The number of nitrogens with zero attached hydrogens (tertiary/aromatic N) is 6. The van der Waals surface area contributed by atoms with E-state index in [0.29, 0.717) is 28.5 Å². The number of carbonyl (C=O) groups excluding carboxylic acids is 2. The summed E-state index contributed by atoms with van der Waals surface area (Å²) >= 11 is 0. The van der Waals surface area contributed by atoms with Gasteiger partial charge in [-0.15, -0.1) is 0 Å². The number of fused-ring (bicyclic) bond motifs is 1. The van der Waals surface area contributed by atoms with Gasteiger partial charge in [-0.05, 0) is 77.2 Å². The Hall–Kier alpha value is -4.81. The van der Waals surface area contributed by atoms with Crippen molar-refractivity contribution in [3.63, 3.8) is 0 Å². The maximum Gasteiger partial charge on any atom is 0.255 e. The van der Waals surface area contributed by atoms with Gasteiger partial charge in [-0.1, -0.05) is 30.3 Å². The largest absolute Gasteiger partial charge is 0.366 e. The number of hydrogen-bond acceptors (Lipinski definition) is 9. The van der Waals surface area contributed by atoms with E-state index in [1.807, 2.05) is 66.0 Å². The molecular formula is C32H42N10O2. The van der Waals surface area contributed by atoms with Gasteiger partial charge in [-0.25, -0.2) is 4.98 Å². The molecule has 5 rings (SSSR count). The molecule has 2 aromatic carbocycles. The highest BCUT2D eigenvalue weighted by Gasteiger charge is 2.22. The molecule has 232 valence electrons. The maximum absolute atomic E-state index is 12.6. The number of amides is 2. The summed E-state index contributed by atoms with van der Waals surface area (Å²) in [6, 6.07) is 17.0. The van der Waals surface area contributed by atoms with E-state index in [0.717, 1.165) is 43.8 Å². The Bertz CT molecular complexity index is 1580. The number of nitrogens with one attached hydrogen (secondary N) is 2. The monoisotopic (exact) mass is 598 g/mol. The lowest BCUT2D eigenvalue weighted by atomic mass is 10.1. The molecule has 4 aromatic rings. The van der Waals surface area contributed by atoms with Crippen LogP contribution in [-0.2, 0) is 4.79 Å². The Kier molecular flexibility index (Phi) is 11.0. The Morgan fingerprint density at radius 3 is 2.52 bits per heavy atom. The topological polar surface area (TPSA) is 160 Å².